The standard InChI is InChI=1S/C10H18N2O3/c1-3-12-6-4-5-11-10(14)8(12)7-9(13)15-2/h8H,3-7H2,1-2H3,(H,11,14). The van der Waals surface area contributed by atoms with Crippen LogP contribution in [0, 0.1) is 0 Å². The smallest absolute Gasteiger partial charge is 0.307 e. The largest absolute Gasteiger partial charge is 0.469 e. The highest BCUT2D eigenvalue weighted by Crippen LogP contribution is 2.09. The van der Waals surface area contributed by atoms with Crippen LogP contribution in [0.5, 0.6) is 0 Å². The minimum absolute atomic E-state index is 0.0697. The number of hydrogen-bond donors (Lipinski definition) is 1. The minimum Gasteiger partial charge on any atom is -0.469 e. The molecule has 0 aliphatic carbocycles. The molecule has 1 atom stereocenters. The van der Waals surface area contributed by atoms with E-state index in [2.05, 4.69) is 10.1 Å². The lowest BCUT2D eigenvalue weighted by Crippen LogP contribution is -2.45. The van der Waals surface area contributed by atoms with E-state index in [0.717, 1.165) is 19.5 Å². The van der Waals surface area contributed by atoms with E-state index >= 15 is 0 Å². The summed E-state index contributed by atoms with van der Waals surface area (Å²) in [7, 11) is 1.34. The molecule has 1 heterocycles. The number of nitrogens with one attached hydrogen (secondary N) is 1. The van der Waals surface area contributed by atoms with E-state index < -0.39 is 0 Å². The van der Waals surface area contributed by atoms with Crippen LogP contribution in [-0.4, -0.2) is 49.6 Å². The van der Waals surface area contributed by atoms with Gasteiger partial charge >= 0.3 is 5.97 Å². The SMILES string of the molecule is CCN1CCCNC(=O)C1CC(=O)OC. The van der Waals surface area contributed by atoms with Gasteiger partial charge in [-0.15, -0.1) is 0 Å². The van der Waals surface area contributed by atoms with E-state index in [9.17, 15) is 9.59 Å². The van der Waals surface area contributed by atoms with Gasteiger partial charge in [-0.3, -0.25) is 14.5 Å². The summed E-state index contributed by atoms with van der Waals surface area (Å²) < 4.78 is 4.59. The van der Waals surface area contributed by atoms with E-state index in [0.29, 0.717) is 6.54 Å². The number of ether oxygens (including phenoxy) is 1. The second-order valence-corrected chi connectivity index (χ2v) is 3.57. The average molecular weight is 214 g/mol. The maximum atomic E-state index is 11.7. The fourth-order valence-electron chi connectivity index (χ4n) is 1.77. The Morgan fingerprint density at radius 1 is 1.67 bits per heavy atom. The van der Waals surface area contributed by atoms with Crippen molar-refractivity contribution in [1.29, 1.82) is 0 Å². The van der Waals surface area contributed by atoms with Crippen molar-refractivity contribution >= 4 is 11.9 Å². The molecule has 1 saturated heterocycles. The van der Waals surface area contributed by atoms with Crippen molar-refractivity contribution in [3.63, 3.8) is 0 Å². The van der Waals surface area contributed by atoms with Gasteiger partial charge in [0.05, 0.1) is 19.6 Å². The van der Waals surface area contributed by atoms with Gasteiger partial charge in [0.15, 0.2) is 0 Å². The number of likely N-dealkylation sites (N-methyl/N-ethyl adjacent to an activating group) is 1. The van der Waals surface area contributed by atoms with Crippen molar-refractivity contribution in [2.75, 3.05) is 26.7 Å². The lowest BCUT2D eigenvalue weighted by molar-refractivity contribution is -0.144. The molecule has 1 N–H and O–H groups in total. The van der Waals surface area contributed by atoms with Crippen LogP contribution in [-0.2, 0) is 14.3 Å². The molecule has 0 aromatic heterocycles. The van der Waals surface area contributed by atoms with Crippen molar-refractivity contribution in [3.8, 4) is 0 Å². The first kappa shape index (κ1) is 12.0. The second-order valence-electron chi connectivity index (χ2n) is 3.57. The van der Waals surface area contributed by atoms with Gasteiger partial charge in [-0.1, -0.05) is 6.92 Å². The van der Waals surface area contributed by atoms with Crippen LogP contribution >= 0.6 is 0 Å². The molecule has 0 bridgehead atoms. The molecule has 1 unspecified atom stereocenters. The third kappa shape index (κ3) is 3.20. The number of hydrogen-bond acceptors (Lipinski definition) is 4. The zero-order valence-corrected chi connectivity index (χ0v) is 9.28. The number of carbonyl (C=O) groups is 2. The lowest BCUT2D eigenvalue weighted by Gasteiger charge is -2.25. The fourth-order valence-corrected chi connectivity index (χ4v) is 1.77. The van der Waals surface area contributed by atoms with E-state index in [4.69, 9.17) is 0 Å². The first-order valence-corrected chi connectivity index (χ1v) is 5.27. The maximum Gasteiger partial charge on any atom is 0.307 e. The molecule has 1 amide bonds. The van der Waals surface area contributed by atoms with Crippen molar-refractivity contribution in [2.24, 2.45) is 0 Å². The van der Waals surface area contributed by atoms with Crippen LogP contribution in [0.1, 0.15) is 19.8 Å². The second kappa shape index (κ2) is 5.70. The zero-order chi connectivity index (χ0) is 11.3. The third-order valence-corrected chi connectivity index (χ3v) is 2.66. The molecule has 1 aliphatic rings. The summed E-state index contributed by atoms with van der Waals surface area (Å²) in [5, 5.41) is 2.80. The highest BCUT2D eigenvalue weighted by atomic mass is 16.5. The average Bonchev–Trinajstić information content (AvgIpc) is 2.41. The van der Waals surface area contributed by atoms with Gasteiger partial charge in [0.25, 0.3) is 0 Å². The van der Waals surface area contributed by atoms with Crippen molar-refractivity contribution in [1.82, 2.24) is 10.2 Å². The van der Waals surface area contributed by atoms with Gasteiger partial charge in [-0.2, -0.15) is 0 Å². The number of methoxy groups -OCH3 is 1. The Morgan fingerprint density at radius 3 is 3.00 bits per heavy atom. The molecule has 1 aliphatic heterocycles. The van der Waals surface area contributed by atoms with Gasteiger partial charge in [-0.05, 0) is 13.0 Å². The Labute approximate surface area is 89.8 Å². The molecule has 0 aromatic rings. The quantitative estimate of drug-likeness (QED) is 0.659. The molecular weight excluding hydrogens is 196 g/mol. The summed E-state index contributed by atoms with van der Waals surface area (Å²) in [6.45, 7) is 4.29. The highest BCUT2D eigenvalue weighted by molar-refractivity contribution is 5.86. The van der Waals surface area contributed by atoms with E-state index in [1.807, 2.05) is 11.8 Å². The highest BCUT2D eigenvalue weighted by Gasteiger charge is 2.29. The monoisotopic (exact) mass is 214 g/mol. The van der Waals surface area contributed by atoms with Crippen LogP contribution in [0.2, 0.25) is 0 Å². The molecule has 5 nitrogen and oxygen atoms in total. The first-order valence-electron chi connectivity index (χ1n) is 5.27. The normalized spacial score (nSPS) is 23.1. The van der Waals surface area contributed by atoms with E-state index in [-0.39, 0.29) is 24.3 Å². The van der Waals surface area contributed by atoms with Crippen molar-refractivity contribution in [3.05, 3.63) is 0 Å². The molecule has 1 rings (SSSR count). The first-order chi connectivity index (χ1) is 7.19. The van der Waals surface area contributed by atoms with Gasteiger partial charge in [0, 0.05) is 13.1 Å². The molecule has 1 fully saturated rings. The fraction of sp³-hybridized carbons (Fsp3) is 0.800. The van der Waals surface area contributed by atoms with E-state index in [1.54, 1.807) is 0 Å². The van der Waals surface area contributed by atoms with Crippen molar-refractivity contribution < 1.29 is 14.3 Å². The van der Waals surface area contributed by atoms with Gasteiger partial charge in [-0.25, -0.2) is 0 Å². The van der Waals surface area contributed by atoms with Crippen LogP contribution < -0.4 is 5.32 Å². The zero-order valence-electron chi connectivity index (χ0n) is 9.28. The molecule has 15 heavy (non-hydrogen) atoms. The Bertz CT molecular complexity index is 243. The Kier molecular flexibility index (Phi) is 4.55. The molecule has 86 valence electrons. The number of carbonyl (C=O) groups excluding carboxylic acids is 2. The summed E-state index contributed by atoms with van der Waals surface area (Å²) in [5.41, 5.74) is 0. The van der Waals surface area contributed by atoms with Crippen LogP contribution in [0.15, 0.2) is 0 Å². The predicted molar refractivity (Wildman–Crippen MR) is 55.3 cm³/mol. The molecule has 5 heteroatoms. The number of rotatable bonds is 3. The third-order valence-electron chi connectivity index (χ3n) is 2.66. The summed E-state index contributed by atoms with van der Waals surface area (Å²) in [6, 6.07) is -0.370. The topological polar surface area (TPSA) is 58.6 Å². The van der Waals surface area contributed by atoms with Gasteiger partial charge in [0.1, 0.15) is 0 Å². The molecule has 0 saturated carbocycles. The Hall–Kier alpha value is -1.10. The maximum absolute atomic E-state index is 11.7. The molecule has 0 aromatic carbocycles. The number of esters is 1. The van der Waals surface area contributed by atoms with Crippen molar-refractivity contribution in [2.45, 2.75) is 25.8 Å². The number of nitrogens with zero attached hydrogens (tertiary/aromatic N) is 1. The van der Waals surface area contributed by atoms with E-state index in [1.165, 1.54) is 7.11 Å². The lowest BCUT2D eigenvalue weighted by atomic mass is 10.1. The molecule has 0 spiro atoms. The minimum atomic E-state index is -0.370. The van der Waals surface area contributed by atoms with Crippen LogP contribution in [0.3, 0.4) is 0 Å². The van der Waals surface area contributed by atoms with Gasteiger partial charge < -0.3 is 10.1 Å². The summed E-state index contributed by atoms with van der Waals surface area (Å²) in [4.78, 5) is 24.9. The summed E-state index contributed by atoms with van der Waals surface area (Å²) >= 11 is 0. The Morgan fingerprint density at radius 2 is 2.40 bits per heavy atom. The van der Waals surface area contributed by atoms with Gasteiger partial charge in [0.2, 0.25) is 5.91 Å². The van der Waals surface area contributed by atoms with Crippen LogP contribution in [0.4, 0.5) is 0 Å². The number of amides is 1. The summed E-state index contributed by atoms with van der Waals surface area (Å²) in [5.74, 6) is -0.407. The van der Waals surface area contributed by atoms with Crippen LogP contribution in [0.25, 0.3) is 0 Å². The molecule has 0 radical (unpaired) electrons. The summed E-state index contributed by atoms with van der Waals surface area (Å²) in [6.07, 6.45) is 1.06. The predicted octanol–water partition coefficient (Wildman–Crippen LogP) is -0.240. The Balaban J connectivity index is 2.67. The molecular formula is C10H18N2O3.